The Morgan fingerprint density at radius 3 is 2.91 bits per heavy atom. The van der Waals surface area contributed by atoms with E-state index in [4.69, 9.17) is 4.74 Å². The van der Waals surface area contributed by atoms with Gasteiger partial charge in [0.1, 0.15) is 6.04 Å². The van der Waals surface area contributed by atoms with Crippen LogP contribution in [0.1, 0.15) is 41.8 Å². The Kier molecular flexibility index (Phi) is 5.76. The van der Waals surface area contributed by atoms with E-state index in [-0.39, 0.29) is 5.91 Å². The molecule has 6 nitrogen and oxygen atoms in total. The first-order valence-electron chi connectivity index (χ1n) is 7.64. The number of methoxy groups -OCH3 is 1. The molecule has 7 heteroatoms. The first kappa shape index (κ1) is 16.7. The lowest BCUT2D eigenvalue weighted by atomic mass is 10.0. The number of carbonyl (C=O) groups is 2. The minimum absolute atomic E-state index is 0.113. The zero-order valence-corrected chi connectivity index (χ0v) is 14.2. The van der Waals surface area contributed by atoms with Crippen molar-refractivity contribution < 1.29 is 14.3 Å². The summed E-state index contributed by atoms with van der Waals surface area (Å²) in [7, 11) is 1.35. The maximum absolute atomic E-state index is 12.4. The number of piperidine rings is 1. The molecule has 1 N–H and O–H groups in total. The van der Waals surface area contributed by atoms with E-state index in [1.54, 1.807) is 11.3 Å². The van der Waals surface area contributed by atoms with Gasteiger partial charge in [-0.05, 0) is 32.6 Å². The van der Waals surface area contributed by atoms with E-state index in [9.17, 15) is 9.59 Å². The van der Waals surface area contributed by atoms with Gasteiger partial charge in [-0.25, -0.2) is 9.78 Å². The summed E-state index contributed by atoms with van der Waals surface area (Å²) in [5, 5.41) is 3.96. The molecular formula is C15H23N3O3S. The minimum Gasteiger partial charge on any atom is -0.453 e. The van der Waals surface area contributed by atoms with Crippen LogP contribution in [-0.4, -0.2) is 41.6 Å². The van der Waals surface area contributed by atoms with E-state index in [0.29, 0.717) is 19.5 Å². The molecule has 0 unspecified atom stereocenters. The molecule has 1 aromatic heterocycles. The molecule has 1 aliphatic heterocycles. The van der Waals surface area contributed by atoms with Crippen LogP contribution in [0.25, 0.3) is 0 Å². The lowest BCUT2D eigenvalue weighted by Gasteiger charge is -2.33. The number of hydrogen-bond acceptors (Lipinski definition) is 5. The summed E-state index contributed by atoms with van der Waals surface area (Å²) in [5.74, 6) is -0.113. The van der Waals surface area contributed by atoms with Gasteiger partial charge < -0.3 is 10.1 Å². The van der Waals surface area contributed by atoms with Gasteiger partial charge in [0.2, 0.25) is 5.91 Å². The van der Waals surface area contributed by atoms with E-state index >= 15 is 0 Å². The fourth-order valence-electron chi connectivity index (χ4n) is 2.75. The van der Waals surface area contributed by atoms with Crippen LogP contribution in [-0.2, 0) is 22.5 Å². The van der Waals surface area contributed by atoms with Crippen LogP contribution in [0.15, 0.2) is 0 Å². The number of rotatable bonds is 4. The lowest BCUT2D eigenvalue weighted by molar-refractivity contribution is -0.127. The molecule has 1 saturated heterocycles. The Labute approximate surface area is 134 Å². The van der Waals surface area contributed by atoms with Gasteiger partial charge in [0, 0.05) is 11.4 Å². The van der Waals surface area contributed by atoms with Crippen LogP contribution >= 0.6 is 11.3 Å². The second-order valence-corrected chi connectivity index (χ2v) is 6.64. The number of carbonyl (C=O) groups excluding carboxylic acids is 2. The van der Waals surface area contributed by atoms with Crippen molar-refractivity contribution in [2.24, 2.45) is 0 Å². The molecule has 1 aliphatic rings. The Hall–Kier alpha value is -1.63. The zero-order chi connectivity index (χ0) is 16.1. The molecule has 122 valence electrons. The van der Waals surface area contributed by atoms with Gasteiger partial charge in [-0.1, -0.05) is 6.92 Å². The molecule has 2 amide bonds. The van der Waals surface area contributed by atoms with Crippen molar-refractivity contribution in [3.05, 3.63) is 15.6 Å². The first-order valence-corrected chi connectivity index (χ1v) is 8.46. The van der Waals surface area contributed by atoms with Crippen LogP contribution < -0.4 is 5.32 Å². The van der Waals surface area contributed by atoms with Crippen molar-refractivity contribution in [2.45, 2.75) is 52.1 Å². The molecule has 1 fully saturated rings. The van der Waals surface area contributed by atoms with Gasteiger partial charge >= 0.3 is 6.09 Å². The maximum Gasteiger partial charge on any atom is 0.410 e. The smallest absolute Gasteiger partial charge is 0.410 e. The van der Waals surface area contributed by atoms with Crippen LogP contribution in [0.4, 0.5) is 4.79 Å². The largest absolute Gasteiger partial charge is 0.453 e. The molecule has 2 rings (SSSR count). The Morgan fingerprint density at radius 2 is 2.23 bits per heavy atom. The number of amides is 2. The molecule has 22 heavy (non-hydrogen) atoms. The lowest BCUT2D eigenvalue weighted by Crippen LogP contribution is -2.51. The highest BCUT2D eigenvalue weighted by Crippen LogP contribution is 2.20. The maximum atomic E-state index is 12.4. The van der Waals surface area contributed by atoms with E-state index in [2.05, 4.69) is 17.2 Å². The van der Waals surface area contributed by atoms with Gasteiger partial charge in [-0.3, -0.25) is 9.69 Å². The third-order valence-electron chi connectivity index (χ3n) is 3.86. The normalized spacial score (nSPS) is 18.1. The molecule has 0 aromatic carbocycles. The van der Waals surface area contributed by atoms with E-state index in [1.165, 1.54) is 12.0 Å². The Morgan fingerprint density at radius 1 is 1.45 bits per heavy atom. The van der Waals surface area contributed by atoms with Crippen LogP contribution in [0.2, 0.25) is 0 Å². The molecular weight excluding hydrogens is 302 g/mol. The summed E-state index contributed by atoms with van der Waals surface area (Å²) >= 11 is 1.61. The fourth-order valence-corrected chi connectivity index (χ4v) is 3.72. The highest BCUT2D eigenvalue weighted by molar-refractivity contribution is 7.11. The molecule has 1 aromatic rings. The SMILES string of the molecule is CCc1nc(C)sc1CNC(=O)[C@H]1CCCCN1C(=O)OC. The number of aromatic nitrogens is 1. The summed E-state index contributed by atoms with van der Waals surface area (Å²) in [6.07, 6.45) is 2.97. The predicted molar refractivity (Wildman–Crippen MR) is 84.8 cm³/mol. The van der Waals surface area contributed by atoms with Crippen LogP contribution in [0.3, 0.4) is 0 Å². The highest BCUT2D eigenvalue weighted by atomic mass is 32.1. The third kappa shape index (κ3) is 3.76. The van der Waals surface area contributed by atoms with E-state index in [1.807, 2.05) is 6.92 Å². The van der Waals surface area contributed by atoms with Gasteiger partial charge in [-0.2, -0.15) is 0 Å². The number of nitrogens with zero attached hydrogens (tertiary/aromatic N) is 2. The summed E-state index contributed by atoms with van der Waals surface area (Å²) in [4.78, 5) is 31.3. The average molecular weight is 325 g/mol. The second kappa shape index (κ2) is 7.58. The highest BCUT2D eigenvalue weighted by Gasteiger charge is 2.32. The number of ether oxygens (including phenoxy) is 1. The van der Waals surface area contributed by atoms with Gasteiger partial charge in [0.15, 0.2) is 0 Å². The monoisotopic (exact) mass is 325 g/mol. The van der Waals surface area contributed by atoms with Crippen molar-refractivity contribution in [3.8, 4) is 0 Å². The number of nitrogens with one attached hydrogen (secondary N) is 1. The van der Waals surface area contributed by atoms with Crippen molar-refractivity contribution in [3.63, 3.8) is 0 Å². The topological polar surface area (TPSA) is 71.5 Å². The summed E-state index contributed by atoms with van der Waals surface area (Å²) < 4.78 is 4.77. The molecule has 0 radical (unpaired) electrons. The number of hydrogen-bond donors (Lipinski definition) is 1. The summed E-state index contributed by atoms with van der Waals surface area (Å²) in [6, 6.07) is -0.430. The number of likely N-dealkylation sites (tertiary alicyclic amines) is 1. The van der Waals surface area contributed by atoms with Crippen LogP contribution in [0.5, 0.6) is 0 Å². The minimum atomic E-state index is -0.430. The number of thiazole rings is 1. The van der Waals surface area contributed by atoms with E-state index < -0.39 is 12.1 Å². The van der Waals surface area contributed by atoms with Gasteiger partial charge in [0.25, 0.3) is 0 Å². The molecule has 1 atom stereocenters. The quantitative estimate of drug-likeness (QED) is 0.921. The van der Waals surface area contributed by atoms with Gasteiger partial charge in [0.05, 0.1) is 24.4 Å². The van der Waals surface area contributed by atoms with Crippen molar-refractivity contribution in [1.29, 1.82) is 0 Å². The number of aryl methyl sites for hydroxylation is 2. The van der Waals surface area contributed by atoms with Crippen molar-refractivity contribution in [2.75, 3.05) is 13.7 Å². The molecule has 0 spiro atoms. The van der Waals surface area contributed by atoms with Crippen molar-refractivity contribution in [1.82, 2.24) is 15.2 Å². The average Bonchev–Trinajstić information content (AvgIpc) is 2.91. The van der Waals surface area contributed by atoms with Crippen molar-refractivity contribution >= 4 is 23.3 Å². The molecule has 0 aliphatic carbocycles. The summed E-state index contributed by atoms with van der Waals surface area (Å²) in [6.45, 7) is 5.07. The standard InChI is InChI=1S/C15H23N3O3S/c1-4-11-13(22-10(2)17-11)9-16-14(19)12-7-5-6-8-18(12)15(20)21-3/h12H,4-9H2,1-3H3,(H,16,19)/t12-/m1/s1. The fraction of sp³-hybridized carbons (Fsp3) is 0.667. The molecule has 0 bridgehead atoms. The van der Waals surface area contributed by atoms with Crippen LogP contribution in [0, 0.1) is 6.92 Å². The molecule has 2 heterocycles. The predicted octanol–water partition coefficient (Wildman–Crippen LogP) is 2.25. The molecule has 0 saturated carbocycles. The second-order valence-electron chi connectivity index (χ2n) is 5.35. The zero-order valence-electron chi connectivity index (χ0n) is 13.3. The Balaban J connectivity index is 1.99. The first-order chi connectivity index (χ1) is 10.6. The Bertz CT molecular complexity index is 544. The van der Waals surface area contributed by atoms with Gasteiger partial charge in [-0.15, -0.1) is 11.3 Å². The van der Waals surface area contributed by atoms with E-state index in [0.717, 1.165) is 34.8 Å². The summed E-state index contributed by atoms with van der Waals surface area (Å²) in [5.41, 5.74) is 1.04. The third-order valence-corrected chi connectivity index (χ3v) is 4.87.